The number of hydrogen-bond donors (Lipinski definition) is 0. The molecule has 2 aromatic rings. The number of Topliss-reactive ketones (excluding diaryl/α,β-unsaturated/α-hetero) is 1. The second-order valence-corrected chi connectivity index (χ2v) is 5.43. The number of aryl methyl sites for hydroxylation is 2. The predicted octanol–water partition coefficient (Wildman–Crippen LogP) is 3.75. The van der Waals surface area contributed by atoms with Crippen molar-refractivity contribution in [3.63, 3.8) is 0 Å². The maximum absolute atomic E-state index is 12.0. The Morgan fingerprint density at radius 2 is 1.89 bits per heavy atom. The molecule has 1 aliphatic carbocycles. The van der Waals surface area contributed by atoms with Crippen LogP contribution in [-0.2, 0) is 13.0 Å². The number of benzene rings is 1. The highest BCUT2D eigenvalue weighted by molar-refractivity contribution is 5.97. The van der Waals surface area contributed by atoms with Gasteiger partial charge in [-0.2, -0.15) is 0 Å². The fourth-order valence-electron chi connectivity index (χ4n) is 2.82. The number of carbonyl (C=O) groups excluding carboxylic acids is 1. The molecule has 0 saturated heterocycles. The monoisotopic (exact) mass is 253 g/mol. The van der Waals surface area contributed by atoms with Crippen LogP contribution in [0.25, 0.3) is 0 Å². The van der Waals surface area contributed by atoms with Crippen molar-refractivity contribution in [2.24, 2.45) is 0 Å². The van der Waals surface area contributed by atoms with E-state index < -0.39 is 0 Å². The van der Waals surface area contributed by atoms with Crippen LogP contribution < -0.4 is 0 Å². The second-order valence-electron chi connectivity index (χ2n) is 5.43. The topological polar surface area (TPSA) is 22.0 Å². The van der Waals surface area contributed by atoms with Gasteiger partial charge in [0.15, 0.2) is 5.78 Å². The van der Waals surface area contributed by atoms with Crippen LogP contribution in [0.1, 0.15) is 46.3 Å². The molecule has 0 aliphatic heterocycles. The van der Waals surface area contributed by atoms with Crippen LogP contribution in [0, 0.1) is 6.92 Å². The Kier molecular flexibility index (Phi) is 3.24. The van der Waals surface area contributed by atoms with Crippen molar-refractivity contribution in [1.29, 1.82) is 0 Å². The van der Waals surface area contributed by atoms with E-state index in [1.54, 1.807) is 0 Å². The summed E-state index contributed by atoms with van der Waals surface area (Å²) in [5.74, 6) is 0.316. The molecule has 0 N–H and O–H groups in total. The summed E-state index contributed by atoms with van der Waals surface area (Å²) < 4.78 is 2.16. The van der Waals surface area contributed by atoms with Gasteiger partial charge in [-0.15, -0.1) is 0 Å². The third-order valence-electron chi connectivity index (χ3n) is 3.98. The summed E-state index contributed by atoms with van der Waals surface area (Å²) in [5.41, 5.74) is 4.81. The molecular formula is C17H19NO. The first-order chi connectivity index (χ1) is 9.24. The molecule has 0 atom stereocenters. The van der Waals surface area contributed by atoms with E-state index in [2.05, 4.69) is 42.0 Å². The van der Waals surface area contributed by atoms with Crippen LogP contribution in [0.3, 0.4) is 0 Å². The van der Waals surface area contributed by atoms with E-state index >= 15 is 0 Å². The first-order valence-electron chi connectivity index (χ1n) is 7.00. The van der Waals surface area contributed by atoms with Crippen LogP contribution >= 0.6 is 0 Å². The lowest BCUT2D eigenvalue weighted by Crippen LogP contribution is -2.00. The number of rotatable bonds is 2. The van der Waals surface area contributed by atoms with Gasteiger partial charge in [0, 0.05) is 30.9 Å². The molecule has 0 radical (unpaired) electrons. The maximum atomic E-state index is 12.0. The number of nitrogens with zero attached hydrogens (tertiary/aromatic N) is 1. The van der Waals surface area contributed by atoms with Crippen LogP contribution in [0.15, 0.2) is 36.7 Å². The van der Waals surface area contributed by atoms with Crippen molar-refractivity contribution in [3.05, 3.63) is 58.9 Å². The zero-order valence-corrected chi connectivity index (χ0v) is 11.4. The SMILES string of the molecule is Cc1ccccc1Cn1cc2c(c1)C(=O)CCCC2. The van der Waals surface area contributed by atoms with Crippen molar-refractivity contribution < 1.29 is 4.79 Å². The summed E-state index contributed by atoms with van der Waals surface area (Å²) in [6.07, 6.45) is 8.11. The summed E-state index contributed by atoms with van der Waals surface area (Å²) >= 11 is 0. The first kappa shape index (κ1) is 12.2. The van der Waals surface area contributed by atoms with Crippen LogP contribution in [0.5, 0.6) is 0 Å². The Morgan fingerprint density at radius 3 is 2.74 bits per heavy atom. The average Bonchev–Trinajstić information content (AvgIpc) is 2.73. The molecule has 1 aliphatic rings. The van der Waals surface area contributed by atoms with E-state index in [1.807, 2.05) is 6.20 Å². The van der Waals surface area contributed by atoms with E-state index in [0.29, 0.717) is 12.2 Å². The summed E-state index contributed by atoms with van der Waals surface area (Å²) in [6.45, 7) is 2.99. The van der Waals surface area contributed by atoms with Crippen molar-refractivity contribution in [1.82, 2.24) is 4.57 Å². The summed E-state index contributed by atoms with van der Waals surface area (Å²) in [4.78, 5) is 12.0. The van der Waals surface area contributed by atoms with Gasteiger partial charge in [0.2, 0.25) is 0 Å². The molecule has 0 fully saturated rings. The second kappa shape index (κ2) is 5.04. The molecule has 2 nitrogen and oxygen atoms in total. The van der Waals surface area contributed by atoms with Gasteiger partial charge in [0.1, 0.15) is 0 Å². The highest BCUT2D eigenvalue weighted by Gasteiger charge is 2.17. The van der Waals surface area contributed by atoms with Gasteiger partial charge in [-0.3, -0.25) is 4.79 Å². The normalized spacial score (nSPS) is 15.1. The van der Waals surface area contributed by atoms with E-state index in [9.17, 15) is 4.79 Å². The fourth-order valence-corrected chi connectivity index (χ4v) is 2.82. The van der Waals surface area contributed by atoms with Gasteiger partial charge in [-0.05, 0) is 42.9 Å². The van der Waals surface area contributed by atoms with Crippen molar-refractivity contribution in [2.45, 2.75) is 39.2 Å². The van der Waals surface area contributed by atoms with Gasteiger partial charge >= 0.3 is 0 Å². The molecule has 19 heavy (non-hydrogen) atoms. The third-order valence-corrected chi connectivity index (χ3v) is 3.98. The summed E-state index contributed by atoms with van der Waals surface area (Å²) in [7, 11) is 0. The lowest BCUT2D eigenvalue weighted by atomic mass is 10.1. The molecule has 1 aromatic heterocycles. The standard InChI is InChI=1S/C17H19NO/c1-13-6-2-3-7-14(13)10-18-11-15-8-4-5-9-17(19)16(15)12-18/h2-3,6-7,11-12H,4-5,8-10H2,1H3. The Labute approximate surface area is 114 Å². The van der Waals surface area contributed by atoms with Gasteiger partial charge in [-0.1, -0.05) is 24.3 Å². The molecular weight excluding hydrogens is 234 g/mol. The zero-order chi connectivity index (χ0) is 13.2. The third kappa shape index (κ3) is 2.48. The molecule has 0 bridgehead atoms. The zero-order valence-electron chi connectivity index (χ0n) is 11.4. The Bertz CT molecular complexity index is 609. The minimum atomic E-state index is 0.316. The molecule has 0 amide bonds. The number of hydrogen-bond acceptors (Lipinski definition) is 1. The van der Waals surface area contributed by atoms with E-state index in [-0.39, 0.29) is 0 Å². The number of carbonyl (C=O) groups is 1. The molecule has 0 unspecified atom stereocenters. The smallest absolute Gasteiger partial charge is 0.164 e. The highest BCUT2D eigenvalue weighted by atomic mass is 16.1. The highest BCUT2D eigenvalue weighted by Crippen LogP contribution is 2.22. The first-order valence-corrected chi connectivity index (χ1v) is 7.00. The number of ketones is 1. The lowest BCUT2D eigenvalue weighted by molar-refractivity contribution is 0.0982. The van der Waals surface area contributed by atoms with Crippen LogP contribution in [0.2, 0.25) is 0 Å². The average molecular weight is 253 g/mol. The molecule has 2 heteroatoms. The molecule has 0 saturated carbocycles. The largest absolute Gasteiger partial charge is 0.349 e. The fraction of sp³-hybridized carbons (Fsp3) is 0.353. The van der Waals surface area contributed by atoms with E-state index in [1.165, 1.54) is 16.7 Å². The minimum Gasteiger partial charge on any atom is -0.349 e. The molecule has 98 valence electrons. The quantitative estimate of drug-likeness (QED) is 0.747. The van der Waals surface area contributed by atoms with E-state index in [4.69, 9.17) is 0 Å². The lowest BCUT2D eigenvalue weighted by Gasteiger charge is -2.06. The molecule has 1 aromatic carbocycles. The molecule has 3 rings (SSSR count). The Hall–Kier alpha value is -1.83. The van der Waals surface area contributed by atoms with Gasteiger partial charge in [0.25, 0.3) is 0 Å². The van der Waals surface area contributed by atoms with Gasteiger partial charge < -0.3 is 4.57 Å². The van der Waals surface area contributed by atoms with Crippen molar-refractivity contribution >= 4 is 5.78 Å². The van der Waals surface area contributed by atoms with Gasteiger partial charge in [0.05, 0.1) is 0 Å². The van der Waals surface area contributed by atoms with Crippen LogP contribution in [0.4, 0.5) is 0 Å². The summed E-state index contributed by atoms with van der Waals surface area (Å²) in [6, 6.07) is 8.42. The molecule has 1 heterocycles. The van der Waals surface area contributed by atoms with Crippen LogP contribution in [-0.4, -0.2) is 10.4 Å². The van der Waals surface area contributed by atoms with Gasteiger partial charge in [-0.25, -0.2) is 0 Å². The predicted molar refractivity (Wildman–Crippen MR) is 76.6 cm³/mol. The Morgan fingerprint density at radius 1 is 1.11 bits per heavy atom. The van der Waals surface area contributed by atoms with Crippen molar-refractivity contribution in [2.75, 3.05) is 0 Å². The minimum absolute atomic E-state index is 0.316. The van der Waals surface area contributed by atoms with E-state index in [0.717, 1.165) is 31.4 Å². The maximum Gasteiger partial charge on any atom is 0.164 e. The summed E-state index contributed by atoms with van der Waals surface area (Å²) in [5, 5.41) is 0. The number of aromatic nitrogens is 1. The number of fused-ring (bicyclic) bond motifs is 1. The molecule has 0 spiro atoms. The Balaban J connectivity index is 1.89. The van der Waals surface area contributed by atoms with Crippen molar-refractivity contribution in [3.8, 4) is 0 Å².